The van der Waals surface area contributed by atoms with Gasteiger partial charge in [0.25, 0.3) is 0 Å². The van der Waals surface area contributed by atoms with Crippen LogP contribution >= 0.6 is 0 Å². The zero-order valence-electron chi connectivity index (χ0n) is 12.2. The van der Waals surface area contributed by atoms with E-state index in [4.69, 9.17) is 4.74 Å². The Balaban J connectivity index is 2.05. The van der Waals surface area contributed by atoms with E-state index >= 15 is 0 Å². The van der Waals surface area contributed by atoms with Crippen molar-refractivity contribution < 1.29 is 9.53 Å². The maximum Gasteiger partial charge on any atom is 0.411 e. The first kappa shape index (κ1) is 14.4. The van der Waals surface area contributed by atoms with Crippen LogP contribution in [0.5, 0.6) is 0 Å². The highest BCUT2D eigenvalue weighted by atomic mass is 16.6. The van der Waals surface area contributed by atoms with E-state index in [2.05, 4.69) is 16.8 Å². The van der Waals surface area contributed by atoms with Crippen LogP contribution in [0.4, 0.5) is 4.79 Å². The zero-order chi connectivity index (χ0) is 14.6. The molecule has 1 unspecified atom stereocenters. The lowest BCUT2D eigenvalue weighted by molar-refractivity contribution is 0.0261. The number of carbonyl (C=O) groups excluding carboxylic acids is 1. The van der Waals surface area contributed by atoms with Gasteiger partial charge in [0.2, 0.25) is 0 Å². The maximum absolute atomic E-state index is 12.1. The number of nitrogens with zero attached hydrogens (tertiary/aromatic N) is 2. The Morgan fingerprint density at radius 1 is 1.40 bits per heavy atom. The molecular weight excluding hydrogens is 252 g/mol. The molecule has 4 heteroatoms. The molecular formula is C16H20N2O2. The van der Waals surface area contributed by atoms with Gasteiger partial charge in [-0.2, -0.15) is 0 Å². The van der Waals surface area contributed by atoms with Crippen LogP contribution in [-0.4, -0.2) is 34.2 Å². The summed E-state index contributed by atoms with van der Waals surface area (Å²) in [5.41, 5.74) is 0.444. The Bertz CT molecular complexity index is 523. The molecule has 1 saturated heterocycles. The fourth-order valence-electron chi connectivity index (χ4n) is 2.06. The van der Waals surface area contributed by atoms with Gasteiger partial charge < -0.3 is 4.74 Å². The van der Waals surface area contributed by atoms with Gasteiger partial charge in [-0.3, -0.25) is 9.88 Å². The number of ether oxygens (including phenoxy) is 1. The van der Waals surface area contributed by atoms with E-state index in [0.717, 1.165) is 18.4 Å². The summed E-state index contributed by atoms with van der Waals surface area (Å²) in [4.78, 5) is 17.8. The Kier molecular flexibility index (Phi) is 4.29. The molecule has 106 valence electrons. The summed E-state index contributed by atoms with van der Waals surface area (Å²) in [5.74, 6) is 6.26. The van der Waals surface area contributed by atoms with Crippen molar-refractivity contribution in [2.45, 2.75) is 45.3 Å². The van der Waals surface area contributed by atoms with E-state index in [1.54, 1.807) is 17.3 Å². The van der Waals surface area contributed by atoms with Crippen molar-refractivity contribution in [3.63, 3.8) is 0 Å². The first-order valence-corrected chi connectivity index (χ1v) is 6.87. The van der Waals surface area contributed by atoms with Gasteiger partial charge in [-0.15, -0.1) is 0 Å². The average Bonchev–Trinajstić information content (AvgIpc) is 2.84. The van der Waals surface area contributed by atoms with Crippen LogP contribution in [0.25, 0.3) is 0 Å². The third-order valence-corrected chi connectivity index (χ3v) is 2.94. The Labute approximate surface area is 120 Å². The highest BCUT2D eigenvalue weighted by Gasteiger charge is 2.30. The molecule has 1 aliphatic heterocycles. The summed E-state index contributed by atoms with van der Waals surface area (Å²) in [6.07, 6.45) is 5.02. The summed E-state index contributed by atoms with van der Waals surface area (Å²) in [7, 11) is 0. The molecule has 2 rings (SSSR count). The van der Waals surface area contributed by atoms with Gasteiger partial charge in [0.15, 0.2) is 0 Å². The molecule has 0 aliphatic carbocycles. The number of rotatable bonds is 0. The van der Waals surface area contributed by atoms with Gasteiger partial charge in [-0.1, -0.05) is 11.8 Å². The minimum atomic E-state index is -0.469. The minimum Gasteiger partial charge on any atom is -0.444 e. The number of likely N-dealkylation sites (tertiary alicyclic amines) is 1. The first-order chi connectivity index (χ1) is 9.46. The Hall–Kier alpha value is -2.02. The molecule has 0 radical (unpaired) electrons. The SMILES string of the molecule is CC(C)(C)OC(=O)N1CCCC1C#Cc1ccncc1. The summed E-state index contributed by atoms with van der Waals surface area (Å²) in [6.45, 7) is 6.33. The van der Waals surface area contributed by atoms with E-state index in [1.807, 2.05) is 32.9 Å². The van der Waals surface area contributed by atoms with Crippen LogP contribution in [0.15, 0.2) is 24.5 Å². The van der Waals surface area contributed by atoms with Crippen molar-refractivity contribution in [2.75, 3.05) is 6.54 Å². The molecule has 0 spiro atoms. The van der Waals surface area contributed by atoms with Crippen molar-refractivity contribution in [1.29, 1.82) is 0 Å². The normalized spacial score (nSPS) is 18.4. The molecule has 4 nitrogen and oxygen atoms in total. The van der Waals surface area contributed by atoms with Crippen LogP contribution in [0.2, 0.25) is 0 Å². The van der Waals surface area contributed by atoms with Crippen molar-refractivity contribution in [1.82, 2.24) is 9.88 Å². The number of hydrogen-bond acceptors (Lipinski definition) is 3. The fraction of sp³-hybridized carbons (Fsp3) is 0.500. The summed E-state index contributed by atoms with van der Waals surface area (Å²) >= 11 is 0. The molecule has 1 aromatic heterocycles. The van der Waals surface area contributed by atoms with Crippen LogP contribution in [-0.2, 0) is 4.74 Å². The van der Waals surface area contributed by atoms with Gasteiger partial charge in [-0.25, -0.2) is 4.79 Å². The zero-order valence-corrected chi connectivity index (χ0v) is 12.2. The monoisotopic (exact) mass is 272 g/mol. The fourth-order valence-corrected chi connectivity index (χ4v) is 2.06. The Morgan fingerprint density at radius 3 is 2.75 bits per heavy atom. The second-order valence-electron chi connectivity index (χ2n) is 5.84. The van der Waals surface area contributed by atoms with Crippen LogP contribution in [0, 0.1) is 11.8 Å². The van der Waals surface area contributed by atoms with E-state index in [1.165, 1.54) is 0 Å². The van der Waals surface area contributed by atoms with Gasteiger partial charge >= 0.3 is 6.09 Å². The maximum atomic E-state index is 12.1. The summed E-state index contributed by atoms with van der Waals surface area (Å²) in [6, 6.07) is 3.66. The second kappa shape index (κ2) is 5.96. The third kappa shape index (κ3) is 3.99. The average molecular weight is 272 g/mol. The molecule has 1 amide bonds. The number of carbonyl (C=O) groups is 1. The standard InChI is InChI=1S/C16H20N2O2/c1-16(2,3)20-15(19)18-12-4-5-14(18)7-6-13-8-10-17-11-9-13/h8-11,14H,4-5,12H2,1-3H3. The Morgan fingerprint density at radius 2 is 2.10 bits per heavy atom. The van der Waals surface area contributed by atoms with Crippen molar-refractivity contribution in [3.8, 4) is 11.8 Å². The molecule has 0 N–H and O–H groups in total. The molecule has 1 fully saturated rings. The van der Waals surface area contributed by atoms with Crippen molar-refractivity contribution >= 4 is 6.09 Å². The second-order valence-corrected chi connectivity index (χ2v) is 5.84. The van der Waals surface area contributed by atoms with Gasteiger partial charge in [0.1, 0.15) is 5.60 Å². The van der Waals surface area contributed by atoms with Crippen LogP contribution < -0.4 is 0 Å². The summed E-state index contributed by atoms with van der Waals surface area (Å²) < 4.78 is 5.41. The highest BCUT2D eigenvalue weighted by Crippen LogP contribution is 2.20. The predicted octanol–water partition coefficient (Wildman–Crippen LogP) is 2.83. The van der Waals surface area contributed by atoms with Crippen molar-refractivity contribution in [3.05, 3.63) is 30.1 Å². The third-order valence-electron chi connectivity index (χ3n) is 2.94. The molecule has 0 bridgehead atoms. The first-order valence-electron chi connectivity index (χ1n) is 6.87. The smallest absolute Gasteiger partial charge is 0.411 e. The lowest BCUT2D eigenvalue weighted by Gasteiger charge is -2.26. The minimum absolute atomic E-state index is 0.0574. The van der Waals surface area contributed by atoms with E-state index < -0.39 is 5.60 Å². The van der Waals surface area contributed by atoms with Gasteiger partial charge in [0, 0.05) is 24.5 Å². The quantitative estimate of drug-likeness (QED) is 0.682. The van der Waals surface area contributed by atoms with Crippen LogP contribution in [0.1, 0.15) is 39.2 Å². The lowest BCUT2D eigenvalue weighted by atomic mass is 10.2. The molecule has 0 saturated carbocycles. The number of amides is 1. The largest absolute Gasteiger partial charge is 0.444 e. The van der Waals surface area contributed by atoms with E-state index in [0.29, 0.717) is 6.54 Å². The lowest BCUT2D eigenvalue weighted by Crippen LogP contribution is -2.39. The molecule has 2 heterocycles. The molecule has 20 heavy (non-hydrogen) atoms. The van der Waals surface area contributed by atoms with Gasteiger partial charge in [-0.05, 0) is 45.7 Å². The predicted molar refractivity (Wildman–Crippen MR) is 77.1 cm³/mol. The number of pyridine rings is 1. The molecule has 1 aromatic rings. The highest BCUT2D eigenvalue weighted by molar-refractivity contribution is 5.69. The summed E-state index contributed by atoms with van der Waals surface area (Å²) in [5, 5.41) is 0. The topological polar surface area (TPSA) is 42.4 Å². The van der Waals surface area contributed by atoms with E-state index in [9.17, 15) is 4.79 Å². The number of hydrogen-bond donors (Lipinski definition) is 0. The van der Waals surface area contributed by atoms with Crippen molar-refractivity contribution in [2.24, 2.45) is 0 Å². The van der Waals surface area contributed by atoms with Gasteiger partial charge in [0.05, 0.1) is 6.04 Å². The molecule has 1 aliphatic rings. The van der Waals surface area contributed by atoms with E-state index in [-0.39, 0.29) is 12.1 Å². The molecule has 0 aromatic carbocycles. The number of aromatic nitrogens is 1. The van der Waals surface area contributed by atoms with Crippen LogP contribution in [0.3, 0.4) is 0 Å². The molecule has 1 atom stereocenters.